The van der Waals surface area contributed by atoms with E-state index in [2.05, 4.69) is 4.98 Å². The van der Waals surface area contributed by atoms with Crippen LogP contribution in [-0.4, -0.2) is 47.0 Å². The Morgan fingerprint density at radius 1 is 1.37 bits per heavy atom. The molecule has 19 heavy (non-hydrogen) atoms. The number of H-pyrrole nitrogens is 1. The molecule has 4 nitrogen and oxygen atoms in total. The maximum atomic E-state index is 12.5. The van der Waals surface area contributed by atoms with Gasteiger partial charge in [0, 0.05) is 18.1 Å². The van der Waals surface area contributed by atoms with E-state index in [9.17, 15) is 13.6 Å². The molecule has 1 heterocycles. The first-order valence-corrected chi connectivity index (χ1v) is 5.88. The van der Waals surface area contributed by atoms with Gasteiger partial charge in [-0.3, -0.25) is 4.79 Å². The Kier molecular flexibility index (Phi) is 4.11. The summed E-state index contributed by atoms with van der Waals surface area (Å²) in [6.07, 6.45) is -0.941. The van der Waals surface area contributed by atoms with E-state index in [1.807, 2.05) is 6.07 Å². The number of fused-ring (bicyclic) bond motifs is 1. The number of hydrogen-bond donors (Lipinski definition) is 2. The highest BCUT2D eigenvalue weighted by Gasteiger charge is 2.21. The Bertz CT molecular complexity index is 569. The van der Waals surface area contributed by atoms with Gasteiger partial charge in [-0.1, -0.05) is 12.1 Å². The zero-order valence-electron chi connectivity index (χ0n) is 10.1. The summed E-state index contributed by atoms with van der Waals surface area (Å²) in [7, 11) is 0. The van der Waals surface area contributed by atoms with Crippen LogP contribution in [0.5, 0.6) is 0 Å². The Morgan fingerprint density at radius 2 is 2.16 bits per heavy atom. The van der Waals surface area contributed by atoms with E-state index in [-0.39, 0.29) is 13.2 Å². The minimum absolute atomic E-state index is 0.111. The fourth-order valence-corrected chi connectivity index (χ4v) is 2.00. The number of benzene rings is 1. The monoisotopic (exact) mass is 268 g/mol. The van der Waals surface area contributed by atoms with Crippen molar-refractivity contribution in [2.75, 3.05) is 19.7 Å². The van der Waals surface area contributed by atoms with Gasteiger partial charge in [-0.2, -0.15) is 0 Å². The molecule has 0 atom stereocenters. The summed E-state index contributed by atoms with van der Waals surface area (Å²) in [5.41, 5.74) is 0.946. The summed E-state index contributed by atoms with van der Waals surface area (Å²) in [5.74, 6) is -0.512. The standard InChI is InChI=1S/C13H14F2N2O2/c14-11(15)8-17(6-7-18)13(19)10-3-1-2-9-4-5-16-12(9)10/h1-5,11,16,18H,6-8H2. The van der Waals surface area contributed by atoms with Crippen LogP contribution >= 0.6 is 0 Å². The fraction of sp³-hybridized carbons (Fsp3) is 0.308. The molecular weight excluding hydrogens is 254 g/mol. The molecule has 2 aromatic rings. The van der Waals surface area contributed by atoms with E-state index >= 15 is 0 Å². The highest BCUT2D eigenvalue weighted by atomic mass is 19.3. The average molecular weight is 268 g/mol. The maximum Gasteiger partial charge on any atom is 0.256 e. The minimum Gasteiger partial charge on any atom is -0.395 e. The quantitative estimate of drug-likeness (QED) is 0.869. The Balaban J connectivity index is 2.32. The highest BCUT2D eigenvalue weighted by Crippen LogP contribution is 2.19. The van der Waals surface area contributed by atoms with E-state index in [0.29, 0.717) is 11.1 Å². The van der Waals surface area contributed by atoms with Crippen molar-refractivity contribution in [3.05, 3.63) is 36.0 Å². The van der Waals surface area contributed by atoms with Crippen LogP contribution < -0.4 is 0 Å². The predicted octanol–water partition coefficient (Wildman–Crippen LogP) is 1.87. The number of rotatable bonds is 5. The van der Waals surface area contributed by atoms with E-state index in [0.717, 1.165) is 10.3 Å². The number of nitrogens with one attached hydrogen (secondary N) is 1. The third kappa shape index (κ3) is 2.90. The first-order valence-electron chi connectivity index (χ1n) is 5.88. The van der Waals surface area contributed by atoms with Crippen LogP contribution in [0, 0.1) is 0 Å². The average Bonchev–Trinajstić information content (AvgIpc) is 2.85. The second kappa shape index (κ2) is 5.79. The van der Waals surface area contributed by atoms with Crippen molar-refractivity contribution in [3.8, 4) is 0 Å². The van der Waals surface area contributed by atoms with Crippen LogP contribution in [0.15, 0.2) is 30.5 Å². The fourth-order valence-electron chi connectivity index (χ4n) is 2.00. The molecule has 0 aliphatic heterocycles. The molecular formula is C13H14F2N2O2. The van der Waals surface area contributed by atoms with Gasteiger partial charge in [-0.25, -0.2) is 8.78 Å². The zero-order valence-corrected chi connectivity index (χ0v) is 10.1. The molecule has 0 fully saturated rings. The van der Waals surface area contributed by atoms with E-state index in [1.54, 1.807) is 24.4 Å². The molecule has 1 aromatic carbocycles. The number of carbonyl (C=O) groups excluding carboxylic acids is 1. The summed E-state index contributed by atoms with van der Waals surface area (Å²) in [6.45, 7) is -1.14. The largest absolute Gasteiger partial charge is 0.395 e. The number of hydrogen-bond acceptors (Lipinski definition) is 2. The first kappa shape index (κ1) is 13.5. The predicted molar refractivity (Wildman–Crippen MR) is 67.3 cm³/mol. The van der Waals surface area contributed by atoms with Crippen molar-refractivity contribution >= 4 is 16.8 Å². The van der Waals surface area contributed by atoms with Gasteiger partial charge in [-0.15, -0.1) is 0 Å². The van der Waals surface area contributed by atoms with Gasteiger partial charge in [0.05, 0.1) is 24.2 Å². The molecule has 2 rings (SSSR count). The van der Waals surface area contributed by atoms with Crippen molar-refractivity contribution < 1.29 is 18.7 Å². The summed E-state index contributed by atoms with van der Waals surface area (Å²) in [6, 6.07) is 6.90. The number of alkyl halides is 2. The van der Waals surface area contributed by atoms with Crippen LogP contribution in [0.4, 0.5) is 8.78 Å². The Labute approximate surface area is 108 Å². The van der Waals surface area contributed by atoms with Crippen LogP contribution in [0.25, 0.3) is 10.9 Å². The third-order valence-electron chi connectivity index (χ3n) is 2.83. The second-order valence-electron chi connectivity index (χ2n) is 4.11. The van der Waals surface area contributed by atoms with Crippen LogP contribution in [0.3, 0.4) is 0 Å². The minimum atomic E-state index is -2.63. The number of nitrogens with zero attached hydrogens (tertiary/aromatic N) is 1. The van der Waals surface area contributed by atoms with Gasteiger partial charge < -0.3 is 15.0 Å². The van der Waals surface area contributed by atoms with Gasteiger partial charge in [-0.05, 0) is 12.1 Å². The second-order valence-corrected chi connectivity index (χ2v) is 4.11. The van der Waals surface area contributed by atoms with Gasteiger partial charge in [0.2, 0.25) is 0 Å². The summed E-state index contributed by atoms with van der Waals surface area (Å²) >= 11 is 0. The van der Waals surface area contributed by atoms with E-state index < -0.39 is 18.9 Å². The third-order valence-corrected chi connectivity index (χ3v) is 2.83. The zero-order chi connectivity index (χ0) is 13.8. The van der Waals surface area contributed by atoms with Gasteiger partial charge in [0.25, 0.3) is 12.3 Å². The van der Waals surface area contributed by atoms with E-state index in [1.165, 1.54) is 0 Å². The first-order chi connectivity index (χ1) is 9.13. The lowest BCUT2D eigenvalue weighted by Crippen LogP contribution is -2.37. The Hall–Kier alpha value is -1.95. The molecule has 1 amide bonds. The number of aliphatic hydroxyl groups is 1. The smallest absolute Gasteiger partial charge is 0.256 e. The van der Waals surface area contributed by atoms with Crippen molar-refractivity contribution in [1.82, 2.24) is 9.88 Å². The van der Waals surface area contributed by atoms with Gasteiger partial charge in [0.1, 0.15) is 0 Å². The molecule has 0 unspecified atom stereocenters. The topological polar surface area (TPSA) is 56.3 Å². The number of aromatic nitrogens is 1. The summed E-state index contributed by atoms with van der Waals surface area (Å²) in [5, 5.41) is 9.71. The molecule has 2 N–H and O–H groups in total. The number of aliphatic hydroxyl groups excluding tert-OH is 1. The SMILES string of the molecule is O=C(c1cccc2cc[nH]c12)N(CCO)CC(F)F. The normalized spacial score (nSPS) is 11.2. The summed E-state index contributed by atoms with van der Waals surface area (Å²) < 4.78 is 24.9. The van der Waals surface area contributed by atoms with E-state index in [4.69, 9.17) is 5.11 Å². The van der Waals surface area contributed by atoms with Crippen LogP contribution in [0.2, 0.25) is 0 Å². The highest BCUT2D eigenvalue weighted by molar-refractivity contribution is 6.05. The number of para-hydroxylation sites is 1. The molecule has 6 heteroatoms. The Morgan fingerprint density at radius 3 is 2.84 bits per heavy atom. The van der Waals surface area contributed by atoms with Crippen LogP contribution in [0.1, 0.15) is 10.4 Å². The van der Waals surface area contributed by atoms with Gasteiger partial charge in [0.15, 0.2) is 0 Å². The molecule has 0 saturated heterocycles. The maximum absolute atomic E-state index is 12.5. The molecule has 0 saturated carbocycles. The molecule has 1 aromatic heterocycles. The number of aromatic amines is 1. The molecule has 0 bridgehead atoms. The van der Waals surface area contributed by atoms with Crippen LogP contribution in [-0.2, 0) is 0 Å². The van der Waals surface area contributed by atoms with Crippen molar-refractivity contribution in [2.24, 2.45) is 0 Å². The van der Waals surface area contributed by atoms with Crippen molar-refractivity contribution in [2.45, 2.75) is 6.43 Å². The molecule has 0 aliphatic carbocycles. The lowest BCUT2D eigenvalue weighted by Gasteiger charge is -2.21. The molecule has 0 spiro atoms. The van der Waals surface area contributed by atoms with Gasteiger partial charge >= 0.3 is 0 Å². The number of amides is 1. The summed E-state index contributed by atoms with van der Waals surface area (Å²) in [4.78, 5) is 16.1. The van der Waals surface area contributed by atoms with Crippen molar-refractivity contribution in [1.29, 1.82) is 0 Å². The van der Waals surface area contributed by atoms with Crippen molar-refractivity contribution in [3.63, 3.8) is 0 Å². The lowest BCUT2D eigenvalue weighted by atomic mass is 10.1. The number of carbonyl (C=O) groups is 1. The number of halogens is 2. The molecule has 0 radical (unpaired) electrons. The molecule has 102 valence electrons. The molecule has 0 aliphatic rings. The lowest BCUT2D eigenvalue weighted by molar-refractivity contribution is 0.0510.